The molecule has 2 N–H and O–H groups in total. The number of benzene rings is 2. The number of ether oxygens (including phenoxy) is 1. The molecule has 3 aromatic rings. The number of amides is 5. The standard InChI is InChI=1S/C42H44ClN9O6/c43-34-19-31(5-1-25(34)20-44)58-30-6-2-26(3-7-30)45-39(54)35-9-11-37(48-47-35)49-15-13-24(14-16-49)21-51-28-17-29(51)23-50(22-28)27-4-8-32-33(18-27)42(57)52(41(32)56)36-10-12-38(53)46-40(36)55/h1,4-5,8-9,11,18-19,24,26,28-30,36H,2-3,6-7,10,12-17,21-23H2,(H,45,54)(H,46,53,55)/t26-,28?,29?,30-,36?. The summed E-state index contributed by atoms with van der Waals surface area (Å²) in [7, 11) is 0. The van der Waals surface area contributed by atoms with Crippen LogP contribution in [0, 0.1) is 17.2 Å². The van der Waals surface area contributed by atoms with Crippen LogP contribution in [0.4, 0.5) is 11.5 Å². The van der Waals surface area contributed by atoms with Gasteiger partial charge in [0.2, 0.25) is 11.8 Å². The molecule has 1 aliphatic carbocycles. The Bertz CT molecular complexity index is 2190. The lowest BCUT2D eigenvalue weighted by molar-refractivity contribution is -0.136. The Morgan fingerprint density at radius 3 is 2.33 bits per heavy atom. The van der Waals surface area contributed by atoms with E-state index in [9.17, 15) is 24.0 Å². The van der Waals surface area contributed by atoms with Crippen molar-refractivity contribution in [3.05, 3.63) is 75.9 Å². The van der Waals surface area contributed by atoms with Gasteiger partial charge in [-0.15, -0.1) is 10.2 Å². The highest BCUT2D eigenvalue weighted by atomic mass is 35.5. The number of carbonyl (C=O) groups is 5. The second-order valence-corrected chi connectivity index (χ2v) is 16.8. The zero-order chi connectivity index (χ0) is 40.1. The van der Waals surface area contributed by atoms with E-state index in [1.54, 1.807) is 36.4 Å². The van der Waals surface area contributed by atoms with Crippen molar-refractivity contribution in [2.75, 3.05) is 42.5 Å². The summed E-state index contributed by atoms with van der Waals surface area (Å²) in [6.07, 6.45) is 6.62. The number of aromatic nitrogens is 2. The number of nitriles is 1. The lowest BCUT2D eigenvalue weighted by atomic mass is 9.84. The van der Waals surface area contributed by atoms with Crippen molar-refractivity contribution in [2.24, 2.45) is 5.92 Å². The Kier molecular flexibility index (Phi) is 10.2. The van der Waals surface area contributed by atoms with E-state index in [-0.39, 0.29) is 30.9 Å². The van der Waals surface area contributed by atoms with Gasteiger partial charge in [0.1, 0.15) is 17.9 Å². The van der Waals surface area contributed by atoms with Gasteiger partial charge in [-0.3, -0.25) is 39.1 Å². The number of hydrogen-bond acceptors (Lipinski definition) is 12. The molecular weight excluding hydrogens is 762 g/mol. The van der Waals surface area contributed by atoms with E-state index in [0.29, 0.717) is 51.2 Å². The molecule has 300 valence electrons. The molecule has 7 heterocycles. The highest BCUT2D eigenvalue weighted by Crippen LogP contribution is 2.38. The zero-order valence-corrected chi connectivity index (χ0v) is 32.7. The number of piperazine rings is 1. The van der Waals surface area contributed by atoms with E-state index < -0.39 is 29.7 Å². The van der Waals surface area contributed by atoms with Gasteiger partial charge in [-0.1, -0.05) is 11.6 Å². The van der Waals surface area contributed by atoms with Gasteiger partial charge < -0.3 is 19.9 Å². The van der Waals surface area contributed by atoms with Crippen LogP contribution in [0.25, 0.3) is 0 Å². The van der Waals surface area contributed by atoms with Gasteiger partial charge in [0.15, 0.2) is 11.5 Å². The van der Waals surface area contributed by atoms with Gasteiger partial charge in [-0.2, -0.15) is 5.26 Å². The number of anilines is 2. The van der Waals surface area contributed by atoms with Crippen molar-refractivity contribution in [3.63, 3.8) is 0 Å². The van der Waals surface area contributed by atoms with Crippen LogP contribution in [0.2, 0.25) is 5.02 Å². The average molecular weight is 806 g/mol. The highest BCUT2D eigenvalue weighted by molar-refractivity contribution is 6.31. The van der Waals surface area contributed by atoms with Crippen molar-refractivity contribution < 1.29 is 28.7 Å². The van der Waals surface area contributed by atoms with Crippen LogP contribution in [-0.2, 0) is 9.59 Å². The van der Waals surface area contributed by atoms with Gasteiger partial charge >= 0.3 is 0 Å². The molecule has 1 aromatic heterocycles. The maximum atomic E-state index is 13.4. The van der Waals surface area contributed by atoms with E-state index in [4.69, 9.17) is 21.6 Å². The zero-order valence-electron chi connectivity index (χ0n) is 31.9. The Morgan fingerprint density at radius 1 is 0.879 bits per heavy atom. The fraction of sp³-hybridized carbons (Fsp3) is 0.476. The molecule has 0 spiro atoms. The summed E-state index contributed by atoms with van der Waals surface area (Å²) in [4.78, 5) is 71.9. The molecule has 7 aliphatic rings. The van der Waals surface area contributed by atoms with Gasteiger partial charge in [-0.25, -0.2) is 0 Å². The summed E-state index contributed by atoms with van der Waals surface area (Å²) < 4.78 is 6.08. The normalized spacial score (nSPS) is 26.1. The minimum absolute atomic E-state index is 0.0189. The van der Waals surface area contributed by atoms with Crippen LogP contribution in [0.15, 0.2) is 48.5 Å². The van der Waals surface area contributed by atoms with Crippen LogP contribution in [-0.4, -0.2) is 113 Å². The third-order valence-corrected chi connectivity index (χ3v) is 13.1. The summed E-state index contributed by atoms with van der Waals surface area (Å²) in [5.41, 5.74) is 2.23. The Hall–Kier alpha value is -5.59. The lowest BCUT2D eigenvalue weighted by Gasteiger charge is -2.58. The largest absolute Gasteiger partial charge is 0.490 e. The van der Waals surface area contributed by atoms with Crippen molar-refractivity contribution >= 4 is 52.6 Å². The SMILES string of the molecule is N#Cc1ccc(O[C@H]2CC[C@H](NC(=O)c3ccc(N4CCC(CN5C6CC5CN(c5ccc7c(c5)C(=O)N(C5CCC(=O)NC5=O)C7=O)C6)CC4)nn3)CC2)cc1Cl. The van der Waals surface area contributed by atoms with Gasteiger partial charge in [0.25, 0.3) is 17.7 Å². The second kappa shape index (κ2) is 15.6. The maximum absolute atomic E-state index is 13.4. The molecule has 0 radical (unpaired) electrons. The first kappa shape index (κ1) is 38.0. The van der Waals surface area contributed by atoms with Crippen molar-refractivity contribution in [1.82, 2.24) is 30.6 Å². The highest BCUT2D eigenvalue weighted by Gasteiger charge is 2.47. The molecular formula is C42H44ClN9O6. The smallest absolute Gasteiger partial charge is 0.272 e. The first-order valence-corrected chi connectivity index (χ1v) is 20.6. The van der Waals surface area contributed by atoms with Crippen LogP contribution in [0.5, 0.6) is 5.75 Å². The minimum atomic E-state index is -0.975. The van der Waals surface area contributed by atoms with Gasteiger partial charge in [0, 0.05) is 69.0 Å². The van der Waals surface area contributed by atoms with E-state index >= 15 is 0 Å². The predicted octanol–water partition coefficient (Wildman–Crippen LogP) is 3.70. The summed E-state index contributed by atoms with van der Waals surface area (Å²) in [5.74, 6) is -0.211. The fourth-order valence-electron chi connectivity index (χ4n) is 9.55. The molecule has 1 saturated carbocycles. The molecule has 5 saturated heterocycles. The Balaban J connectivity index is 0.714. The van der Waals surface area contributed by atoms with E-state index in [2.05, 4.69) is 41.6 Å². The number of hydrogen-bond donors (Lipinski definition) is 2. The number of imide groups is 2. The average Bonchev–Trinajstić information content (AvgIpc) is 3.48. The molecule has 2 aromatic carbocycles. The molecule has 10 rings (SSSR count). The number of fused-ring (bicyclic) bond motifs is 3. The van der Waals surface area contributed by atoms with Gasteiger partial charge in [-0.05, 0) is 99.7 Å². The molecule has 6 aliphatic heterocycles. The van der Waals surface area contributed by atoms with Crippen molar-refractivity contribution in [2.45, 2.75) is 88.1 Å². The Morgan fingerprint density at radius 2 is 1.64 bits per heavy atom. The first-order chi connectivity index (χ1) is 28.1. The number of nitrogens with zero attached hydrogens (tertiary/aromatic N) is 7. The van der Waals surface area contributed by atoms with Crippen LogP contribution in [0.1, 0.15) is 94.6 Å². The Labute approximate surface area is 340 Å². The minimum Gasteiger partial charge on any atom is -0.490 e. The molecule has 16 heteroatoms. The van der Waals surface area contributed by atoms with Crippen LogP contribution < -0.4 is 25.2 Å². The van der Waals surface area contributed by atoms with Crippen molar-refractivity contribution in [3.8, 4) is 11.8 Å². The third kappa shape index (κ3) is 7.35. The summed E-state index contributed by atoms with van der Waals surface area (Å²) in [6.45, 7) is 4.47. The first-order valence-electron chi connectivity index (χ1n) is 20.2. The predicted molar refractivity (Wildman–Crippen MR) is 211 cm³/mol. The van der Waals surface area contributed by atoms with E-state index in [0.717, 1.165) is 94.1 Å². The summed E-state index contributed by atoms with van der Waals surface area (Å²) in [6, 6.07) is 16.0. The molecule has 15 nitrogen and oxygen atoms in total. The molecule has 5 amide bonds. The number of piperidine rings is 3. The van der Waals surface area contributed by atoms with E-state index in [1.165, 1.54) is 0 Å². The molecule has 2 bridgehead atoms. The topological polar surface area (TPSA) is 181 Å². The van der Waals surface area contributed by atoms with Crippen molar-refractivity contribution in [1.29, 1.82) is 5.26 Å². The summed E-state index contributed by atoms with van der Waals surface area (Å²) in [5, 5.41) is 23.5. The fourth-order valence-corrected chi connectivity index (χ4v) is 9.76. The quantitative estimate of drug-likeness (QED) is 0.300. The molecule has 58 heavy (non-hydrogen) atoms. The number of nitrogens with one attached hydrogen (secondary N) is 2. The third-order valence-electron chi connectivity index (χ3n) is 12.8. The monoisotopic (exact) mass is 805 g/mol. The van der Waals surface area contributed by atoms with Gasteiger partial charge in [0.05, 0.1) is 27.8 Å². The maximum Gasteiger partial charge on any atom is 0.272 e. The number of halogens is 1. The molecule has 3 unspecified atom stereocenters. The molecule has 6 fully saturated rings. The van der Waals surface area contributed by atoms with Crippen LogP contribution in [0.3, 0.4) is 0 Å². The van der Waals surface area contributed by atoms with Crippen LogP contribution >= 0.6 is 11.6 Å². The molecule has 3 atom stereocenters. The number of rotatable bonds is 9. The lowest BCUT2D eigenvalue weighted by Crippen LogP contribution is -2.69. The summed E-state index contributed by atoms with van der Waals surface area (Å²) >= 11 is 6.15. The second-order valence-electron chi connectivity index (χ2n) is 16.3. The van der Waals surface area contributed by atoms with E-state index in [1.807, 2.05) is 12.1 Å². The number of carbonyl (C=O) groups excluding carboxylic acids is 5.